The molecule has 1 heteroatoms. The molecule has 7 rings (SSSR count). The molecule has 0 saturated carbocycles. The Morgan fingerprint density at radius 3 is 1.05 bits per heavy atom. The average molecular weight is 489 g/mol. The highest BCUT2D eigenvalue weighted by Crippen LogP contribution is 2.44. The molecule has 0 nitrogen and oxygen atoms in total. The molecular weight excluding hydrogens is 464 g/mol. The number of thiophene rings is 1. The van der Waals surface area contributed by atoms with Crippen molar-refractivity contribution in [3.05, 3.63) is 146 Å². The average Bonchev–Trinajstić information content (AvgIpc) is 3.47. The van der Waals surface area contributed by atoms with Gasteiger partial charge in [0.25, 0.3) is 0 Å². The van der Waals surface area contributed by atoms with Crippen molar-refractivity contribution in [1.82, 2.24) is 0 Å². The summed E-state index contributed by atoms with van der Waals surface area (Å²) in [6, 6.07) is 52.6. The van der Waals surface area contributed by atoms with Gasteiger partial charge in [-0.3, -0.25) is 0 Å². The molecule has 0 saturated heterocycles. The van der Waals surface area contributed by atoms with E-state index in [0.29, 0.717) is 0 Å². The molecule has 0 aliphatic heterocycles. The van der Waals surface area contributed by atoms with Crippen LogP contribution in [0.15, 0.2) is 146 Å². The summed E-state index contributed by atoms with van der Waals surface area (Å²) in [6.07, 6.45) is 0. The van der Waals surface area contributed by atoms with E-state index in [9.17, 15) is 0 Å². The van der Waals surface area contributed by atoms with Crippen molar-refractivity contribution in [2.24, 2.45) is 0 Å². The second-order valence-electron chi connectivity index (χ2n) is 9.31. The minimum atomic E-state index is 1.25. The number of rotatable bonds is 4. The molecule has 0 N–H and O–H groups in total. The minimum absolute atomic E-state index is 1.25. The SMILES string of the molecule is c1ccc(-c2ccc(-c3ccc(-c4c5ccccc5c(-c5ccccc5)c5ccccc45)cc3)s2)cc1. The summed E-state index contributed by atoms with van der Waals surface area (Å²) in [5, 5.41) is 5.15. The Morgan fingerprint density at radius 1 is 0.270 bits per heavy atom. The van der Waals surface area contributed by atoms with Crippen LogP contribution in [-0.4, -0.2) is 0 Å². The highest BCUT2D eigenvalue weighted by atomic mass is 32.1. The molecule has 0 bridgehead atoms. The minimum Gasteiger partial charge on any atom is -0.135 e. The van der Waals surface area contributed by atoms with Crippen LogP contribution < -0.4 is 0 Å². The molecule has 0 aliphatic carbocycles. The first-order chi connectivity index (χ1) is 18.4. The second-order valence-corrected chi connectivity index (χ2v) is 10.4. The normalized spacial score (nSPS) is 11.2. The van der Waals surface area contributed by atoms with Crippen molar-refractivity contribution in [3.8, 4) is 43.1 Å². The van der Waals surface area contributed by atoms with Crippen molar-refractivity contribution >= 4 is 32.9 Å². The number of hydrogen-bond acceptors (Lipinski definition) is 1. The molecule has 6 aromatic carbocycles. The van der Waals surface area contributed by atoms with Crippen molar-refractivity contribution in [1.29, 1.82) is 0 Å². The van der Waals surface area contributed by atoms with Crippen LogP contribution in [0.4, 0.5) is 0 Å². The van der Waals surface area contributed by atoms with Gasteiger partial charge in [0.2, 0.25) is 0 Å². The van der Waals surface area contributed by atoms with E-state index < -0.39 is 0 Å². The molecule has 0 fully saturated rings. The number of hydrogen-bond donors (Lipinski definition) is 0. The van der Waals surface area contributed by atoms with E-state index in [1.54, 1.807) is 0 Å². The van der Waals surface area contributed by atoms with E-state index in [0.717, 1.165) is 0 Å². The Kier molecular flexibility index (Phi) is 5.42. The highest BCUT2D eigenvalue weighted by Gasteiger charge is 2.16. The Bertz CT molecular complexity index is 1790. The summed E-state index contributed by atoms with van der Waals surface area (Å²) in [5.74, 6) is 0. The molecule has 174 valence electrons. The van der Waals surface area contributed by atoms with Gasteiger partial charge in [-0.2, -0.15) is 0 Å². The fraction of sp³-hybridized carbons (Fsp3) is 0. The lowest BCUT2D eigenvalue weighted by Crippen LogP contribution is -1.90. The van der Waals surface area contributed by atoms with Gasteiger partial charge in [-0.05, 0) is 67.1 Å². The maximum atomic E-state index is 2.29. The summed E-state index contributed by atoms with van der Waals surface area (Å²) in [7, 11) is 0. The van der Waals surface area contributed by atoms with Crippen LogP contribution in [0.3, 0.4) is 0 Å². The van der Waals surface area contributed by atoms with Crippen LogP contribution in [0, 0.1) is 0 Å². The Balaban J connectivity index is 1.38. The maximum absolute atomic E-state index is 2.29. The zero-order valence-electron chi connectivity index (χ0n) is 20.3. The van der Waals surface area contributed by atoms with E-state index in [1.807, 2.05) is 11.3 Å². The Hall–Kier alpha value is -4.46. The highest BCUT2D eigenvalue weighted by molar-refractivity contribution is 7.18. The van der Waals surface area contributed by atoms with Crippen LogP contribution in [0.25, 0.3) is 64.7 Å². The third-order valence-corrected chi connectivity index (χ3v) is 8.30. The molecule has 7 aromatic rings. The van der Waals surface area contributed by atoms with E-state index >= 15 is 0 Å². The zero-order valence-corrected chi connectivity index (χ0v) is 21.1. The molecule has 0 spiro atoms. The monoisotopic (exact) mass is 488 g/mol. The summed E-state index contributed by atoms with van der Waals surface area (Å²) in [6.45, 7) is 0. The van der Waals surface area contributed by atoms with Gasteiger partial charge in [-0.25, -0.2) is 0 Å². The van der Waals surface area contributed by atoms with Crippen molar-refractivity contribution in [2.75, 3.05) is 0 Å². The predicted octanol–water partition coefficient (Wildman–Crippen LogP) is 10.7. The third-order valence-electron chi connectivity index (χ3n) is 7.12. The van der Waals surface area contributed by atoms with Crippen LogP contribution in [-0.2, 0) is 0 Å². The van der Waals surface area contributed by atoms with Gasteiger partial charge in [-0.15, -0.1) is 11.3 Å². The van der Waals surface area contributed by atoms with Gasteiger partial charge >= 0.3 is 0 Å². The first-order valence-corrected chi connectivity index (χ1v) is 13.4. The third kappa shape index (κ3) is 3.85. The zero-order chi connectivity index (χ0) is 24.6. The fourth-order valence-corrected chi connectivity index (χ4v) is 6.42. The first kappa shape index (κ1) is 21.8. The molecular formula is C36H24S. The molecule has 37 heavy (non-hydrogen) atoms. The van der Waals surface area contributed by atoms with E-state index in [-0.39, 0.29) is 0 Å². The van der Waals surface area contributed by atoms with Crippen LogP contribution in [0.1, 0.15) is 0 Å². The topological polar surface area (TPSA) is 0 Å². The maximum Gasteiger partial charge on any atom is 0.0349 e. The van der Waals surface area contributed by atoms with Gasteiger partial charge in [0.1, 0.15) is 0 Å². The Morgan fingerprint density at radius 2 is 0.595 bits per heavy atom. The van der Waals surface area contributed by atoms with Crippen LogP contribution in [0.5, 0.6) is 0 Å². The van der Waals surface area contributed by atoms with E-state index in [4.69, 9.17) is 0 Å². The molecule has 0 aliphatic rings. The smallest absolute Gasteiger partial charge is 0.0349 e. The first-order valence-electron chi connectivity index (χ1n) is 12.6. The van der Waals surface area contributed by atoms with Gasteiger partial charge in [-0.1, -0.05) is 133 Å². The molecule has 0 atom stereocenters. The molecule has 0 radical (unpaired) electrons. The quantitative estimate of drug-likeness (QED) is 0.216. The van der Waals surface area contributed by atoms with Crippen molar-refractivity contribution in [3.63, 3.8) is 0 Å². The van der Waals surface area contributed by atoms with Crippen molar-refractivity contribution in [2.45, 2.75) is 0 Å². The lowest BCUT2D eigenvalue weighted by atomic mass is 9.86. The molecule has 1 heterocycles. The van der Waals surface area contributed by atoms with Gasteiger partial charge in [0.15, 0.2) is 0 Å². The van der Waals surface area contributed by atoms with Crippen LogP contribution in [0.2, 0.25) is 0 Å². The molecule has 1 aromatic heterocycles. The van der Waals surface area contributed by atoms with E-state index in [2.05, 4.69) is 146 Å². The lowest BCUT2D eigenvalue weighted by Gasteiger charge is -2.17. The van der Waals surface area contributed by atoms with Crippen molar-refractivity contribution < 1.29 is 0 Å². The second kappa shape index (κ2) is 9.20. The van der Waals surface area contributed by atoms with Gasteiger partial charge in [0, 0.05) is 9.75 Å². The summed E-state index contributed by atoms with van der Waals surface area (Å²) < 4.78 is 0. The predicted molar refractivity (Wildman–Crippen MR) is 161 cm³/mol. The van der Waals surface area contributed by atoms with Gasteiger partial charge in [0.05, 0.1) is 0 Å². The van der Waals surface area contributed by atoms with Gasteiger partial charge < -0.3 is 0 Å². The molecule has 0 amide bonds. The van der Waals surface area contributed by atoms with Crippen LogP contribution >= 0.6 is 11.3 Å². The summed E-state index contributed by atoms with van der Waals surface area (Å²) in [5.41, 5.74) is 7.63. The Labute approximate surface area is 221 Å². The number of fused-ring (bicyclic) bond motifs is 2. The largest absolute Gasteiger partial charge is 0.135 e. The lowest BCUT2D eigenvalue weighted by molar-refractivity contribution is 1.65. The summed E-state index contributed by atoms with van der Waals surface area (Å²) >= 11 is 1.85. The number of benzene rings is 6. The van der Waals surface area contributed by atoms with E-state index in [1.165, 1.54) is 64.7 Å². The summed E-state index contributed by atoms with van der Waals surface area (Å²) in [4.78, 5) is 2.59. The molecule has 0 unspecified atom stereocenters. The standard InChI is InChI=1S/C36H24S/c1-3-11-25(12-4-1)33-23-24-34(37-33)26-19-21-28(22-20-26)36-31-17-9-7-15-29(31)35(27-13-5-2-6-14-27)30-16-8-10-18-32(30)36/h1-24H. The fourth-order valence-electron chi connectivity index (χ4n) is 5.41.